The van der Waals surface area contributed by atoms with E-state index >= 15 is 0 Å². The summed E-state index contributed by atoms with van der Waals surface area (Å²) >= 11 is 0. The predicted octanol–water partition coefficient (Wildman–Crippen LogP) is 0.638. The lowest BCUT2D eigenvalue weighted by Gasteiger charge is -2.14. The molecule has 0 aliphatic heterocycles. The second kappa shape index (κ2) is 10.3. The lowest BCUT2D eigenvalue weighted by atomic mass is 10.1. The summed E-state index contributed by atoms with van der Waals surface area (Å²) < 4.78 is 21.9. The molecule has 10 heteroatoms. The van der Waals surface area contributed by atoms with Crippen LogP contribution in [0, 0.1) is 0 Å². The normalized spacial score (nSPS) is 13.0. The molecule has 0 amide bonds. The number of methoxy groups -OCH3 is 1. The summed E-state index contributed by atoms with van der Waals surface area (Å²) in [4.78, 5) is 12.6. The van der Waals surface area contributed by atoms with E-state index in [1.54, 1.807) is 18.2 Å². The highest BCUT2D eigenvalue weighted by Crippen LogP contribution is 2.35. The van der Waals surface area contributed by atoms with Gasteiger partial charge in [-0.2, -0.15) is 0 Å². The van der Waals surface area contributed by atoms with Crippen LogP contribution in [-0.2, 0) is 0 Å². The molecule has 2 atom stereocenters. The molecule has 0 saturated carbocycles. The first-order valence-corrected chi connectivity index (χ1v) is 9.69. The zero-order valence-electron chi connectivity index (χ0n) is 17.2. The Hall–Kier alpha value is -3.31. The highest BCUT2D eigenvalue weighted by Gasteiger charge is 2.16. The van der Waals surface area contributed by atoms with Crippen molar-refractivity contribution in [2.45, 2.75) is 12.2 Å². The number of phenolic OH excluding ortho intramolecular Hbond substituents is 1. The zero-order chi connectivity index (χ0) is 23.3. The number of phenols is 1. The van der Waals surface area contributed by atoms with Gasteiger partial charge in [-0.3, -0.25) is 4.79 Å². The number of hydrogen-bond donors (Lipinski definition) is 5. The Labute approximate surface area is 182 Å². The lowest BCUT2D eigenvalue weighted by Crippen LogP contribution is -2.21. The third-order valence-electron chi connectivity index (χ3n) is 4.53. The molecule has 0 saturated heterocycles. The van der Waals surface area contributed by atoms with Crippen LogP contribution in [0.1, 0.15) is 0 Å². The molecule has 3 rings (SSSR count). The van der Waals surface area contributed by atoms with Crippen LogP contribution in [0.5, 0.6) is 23.0 Å². The Bertz CT molecular complexity index is 1120. The number of aromatic hydroxyl groups is 1. The van der Waals surface area contributed by atoms with Gasteiger partial charge in [0.2, 0.25) is 0 Å². The molecule has 3 aromatic rings. The molecule has 1 heterocycles. The van der Waals surface area contributed by atoms with Crippen LogP contribution in [0.2, 0.25) is 0 Å². The van der Waals surface area contributed by atoms with Gasteiger partial charge in [0.1, 0.15) is 53.7 Å². The maximum absolute atomic E-state index is 12.6. The fourth-order valence-electron chi connectivity index (χ4n) is 2.90. The maximum Gasteiger partial charge on any atom is 0.197 e. The average molecular weight is 448 g/mol. The van der Waals surface area contributed by atoms with Crippen LogP contribution in [0.15, 0.2) is 45.6 Å². The summed E-state index contributed by atoms with van der Waals surface area (Å²) in [6.07, 6.45) is -2.18. The Morgan fingerprint density at radius 3 is 2.28 bits per heavy atom. The Kier molecular flexibility index (Phi) is 7.54. The SMILES string of the molecule is COc1ccc(-c2cc(=O)c3c(O)cc(OCC(O)CO)cc3o2)cc1OCC(O)CO. The molecule has 172 valence electrons. The van der Waals surface area contributed by atoms with E-state index in [2.05, 4.69) is 0 Å². The van der Waals surface area contributed by atoms with Gasteiger partial charge >= 0.3 is 0 Å². The summed E-state index contributed by atoms with van der Waals surface area (Å²) in [5, 5.41) is 47.0. The fraction of sp³-hybridized carbons (Fsp3) is 0.318. The molecule has 0 radical (unpaired) electrons. The molecular weight excluding hydrogens is 424 g/mol. The van der Waals surface area contributed by atoms with Crippen LogP contribution in [-0.4, -0.2) is 71.3 Å². The van der Waals surface area contributed by atoms with Crippen LogP contribution in [0.4, 0.5) is 0 Å². The first kappa shape index (κ1) is 23.4. The second-order valence-electron chi connectivity index (χ2n) is 6.95. The molecule has 5 N–H and O–H groups in total. The average Bonchev–Trinajstić information content (AvgIpc) is 2.80. The molecule has 2 unspecified atom stereocenters. The van der Waals surface area contributed by atoms with Crippen molar-refractivity contribution in [3.63, 3.8) is 0 Å². The first-order chi connectivity index (χ1) is 15.4. The quantitative estimate of drug-likeness (QED) is 0.298. The standard InChI is InChI=1S/C22H24O10/c1-29-18-3-2-12(4-20(18)31-11-14(26)9-24)19-7-17(28)22-16(27)5-15(6-21(22)32-19)30-10-13(25)8-23/h2-7,13-14,23-27H,8-11H2,1H3. The third-order valence-corrected chi connectivity index (χ3v) is 4.53. The summed E-state index contributed by atoms with van der Waals surface area (Å²) in [6, 6.07) is 8.60. The Morgan fingerprint density at radius 2 is 1.62 bits per heavy atom. The third kappa shape index (κ3) is 5.29. The molecule has 0 spiro atoms. The number of ether oxygens (including phenoxy) is 3. The predicted molar refractivity (Wildman–Crippen MR) is 113 cm³/mol. The van der Waals surface area contributed by atoms with E-state index in [4.69, 9.17) is 28.8 Å². The number of rotatable bonds is 10. The number of benzene rings is 2. The van der Waals surface area contributed by atoms with Crippen LogP contribution < -0.4 is 19.6 Å². The minimum absolute atomic E-state index is 0.0418. The van der Waals surface area contributed by atoms with E-state index in [1.807, 2.05) is 0 Å². The highest BCUT2D eigenvalue weighted by atomic mass is 16.5. The minimum atomic E-state index is -1.10. The van der Waals surface area contributed by atoms with Crippen molar-refractivity contribution in [2.24, 2.45) is 0 Å². The van der Waals surface area contributed by atoms with Gasteiger partial charge in [-0.1, -0.05) is 0 Å². The molecular formula is C22H24O10. The molecule has 0 aliphatic rings. The van der Waals surface area contributed by atoms with Crippen molar-refractivity contribution in [3.8, 4) is 34.3 Å². The minimum Gasteiger partial charge on any atom is -0.507 e. The van der Waals surface area contributed by atoms with Gasteiger partial charge in [-0.25, -0.2) is 0 Å². The Balaban J connectivity index is 2.00. The van der Waals surface area contributed by atoms with Gasteiger partial charge in [0, 0.05) is 23.8 Å². The van der Waals surface area contributed by atoms with E-state index in [-0.39, 0.29) is 47.2 Å². The van der Waals surface area contributed by atoms with Gasteiger partial charge in [-0.05, 0) is 18.2 Å². The van der Waals surface area contributed by atoms with Crippen molar-refractivity contribution in [1.29, 1.82) is 0 Å². The number of fused-ring (bicyclic) bond motifs is 1. The zero-order valence-corrected chi connectivity index (χ0v) is 17.2. The van der Waals surface area contributed by atoms with Crippen molar-refractivity contribution < 1.29 is 44.2 Å². The summed E-state index contributed by atoms with van der Waals surface area (Å²) in [5.41, 5.74) is 0.0180. The summed E-state index contributed by atoms with van der Waals surface area (Å²) in [5.74, 6) is 0.591. The molecule has 2 aromatic carbocycles. The first-order valence-electron chi connectivity index (χ1n) is 9.69. The molecule has 10 nitrogen and oxygen atoms in total. The van der Waals surface area contributed by atoms with E-state index in [0.29, 0.717) is 11.3 Å². The van der Waals surface area contributed by atoms with Crippen LogP contribution in [0.3, 0.4) is 0 Å². The number of aliphatic hydroxyl groups excluding tert-OH is 4. The highest BCUT2D eigenvalue weighted by molar-refractivity contribution is 5.86. The molecule has 0 aliphatic carbocycles. The fourth-order valence-corrected chi connectivity index (χ4v) is 2.90. The van der Waals surface area contributed by atoms with Gasteiger partial charge in [-0.15, -0.1) is 0 Å². The molecule has 1 aromatic heterocycles. The van der Waals surface area contributed by atoms with E-state index < -0.39 is 30.9 Å². The second-order valence-corrected chi connectivity index (χ2v) is 6.95. The lowest BCUT2D eigenvalue weighted by molar-refractivity contribution is 0.0527. The largest absolute Gasteiger partial charge is 0.507 e. The molecule has 32 heavy (non-hydrogen) atoms. The van der Waals surface area contributed by atoms with E-state index in [1.165, 1.54) is 25.3 Å². The summed E-state index contributed by atoms with van der Waals surface area (Å²) in [7, 11) is 1.44. The number of aliphatic hydroxyl groups is 4. The smallest absolute Gasteiger partial charge is 0.197 e. The van der Waals surface area contributed by atoms with Gasteiger partial charge in [0.15, 0.2) is 16.9 Å². The van der Waals surface area contributed by atoms with Crippen molar-refractivity contribution >= 4 is 11.0 Å². The topological polar surface area (TPSA) is 159 Å². The van der Waals surface area contributed by atoms with Crippen molar-refractivity contribution in [3.05, 3.63) is 46.6 Å². The van der Waals surface area contributed by atoms with Crippen LogP contribution >= 0.6 is 0 Å². The monoisotopic (exact) mass is 448 g/mol. The van der Waals surface area contributed by atoms with Crippen molar-refractivity contribution in [1.82, 2.24) is 0 Å². The van der Waals surface area contributed by atoms with E-state index in [9.17, 15) is 20.1 Å². The van der Waals surface area contributed by atoms with Gasteiger partial charge in [0.05, 0.1) is 20.3 Å². The van der Waals surface area contributed by atoms with Gasteiger partial charge in [0.25, 0.3) is 0 Å². The molecule has 0 fully saturated rings. The number of hydrogen-bond acceptors (Lipinski definition) is 10. The summed E-state index contributed by atoms with van der Waals surface area (Å²) in [6.45, 7) is -1.35. The van der Waals surface area contributed by atoms with Gasteiger partial charge < -0.3 is 44.2 Å². The van der Waals surface area contributed by atoms with Crippen LogP contribution in [0.25, 0.3) is 22.3 Å². The van der Waals surface area contributed by atoms with E-state index in [0.717, 1.165) is 0 Å². The molecule has 0 bridgehead atoms. The maximum atomic E-state index is 12.6. The van der Waals surface area contributed by atoms with Crippen molar-refractivity contribution in [2.75, 3.05) is 33.5 Å². The Morgan fingerprint density at radius 1 is 0.938 bits per heavy atom.